The van der Waals surface area contributed by atoms with Crippen molar-refractivity contribution in [1.29, 1.82) is 0 Å². The molecule has 2 aromatic carbocycles. The van der Waals surface area contributed by atoms with Crippen LogP contribution in [0.4, 0.5) is 8.78 Å². The Hall–Kier alpha value is -3.22. The van der Waals surface area contributed by atoms with Crippen molar-refractivity contribution in [1.82, 2.24) is 20.2 Å². The molecule has 3 rings (SSSR count). The predicted molar refractivity (Wildman–Crippen MR) is 102 cm³/mol. The molecule has 5 nitrogen and oxygen atoms in total. The zero-order valence-corrected chi connectivity index (χ0v) is 15.0. The Kier molecular flexibility index (Phi) is 6.14. The fraction of sp³-hybridized carbons (Fsp3) is 0.200. The lowest BCUT2D eigenvalue weighted by Crippen LogP contribution is -2.37. The Labute approximate surface area is 156 Å². The fourth-order valence-corrected chi connectivity index (χ4v) is 2.59. The normalized spacial score (nSPS) is 11.4. The molecule has 0 amide bonds. The number of guanidine groups is 1. The van der Waals surface area contributed by atoms with Gasteiger partial charge in [-0.2, -0.15) is 0 Å². The highest BCUT2D eigenvalue weighted by Crippen LogP contribution is 2.15. The van der Waals surface area contributed by atoms with Gasteiger partial charge >= 0.3 is 0 Å². The third-order valence-corrected chi connectivity index (χ3v) is 3.96. The van der Waals surface area contributed by atoms with Crippen LogP contribution in [0.3, 0.4) is 0 Å². The van der Waals surface area contributed by atoms with Crippen LogP contribution in [0.15, 0.2) is 66.2 Å². The Morgan fingerprint density at radius 3 is 2.67 bits per heavy atom. The molecular weight excluding hydrogens is 348 g/mol. The van der Waals surface area contributed by atoms with Crippen molar-refractivity contribution in [2.45, 2.75) is 20.0 Å². The third-order valence-electron chi connectivity index (χ3n) is 3.96. The van der Waals surface area contributed by atoms with E-state index in [4.69, 9.17) is 0 Å². The number of nitrogens with zero attached hydrogens (tertiary/aromatic N) is 3. The molecule has 0 aliphatic heterocycles. The van der Waals surface area contributed by atoms with Gasteiger partial charge in [-0.3, -0.25) is 0 Å². The number of nitrogens with one attached hydrogen (secondary N) is 2. The lowest BCUT2D eigenvalue weighted by atomic mass is 10.2. The molecule has 1 heterocycles. The van der Waals surface area contributed by atoms with Gasteiger partial charge in [0.25, 0.3) is 0 Å². The maximum Gasteiger partial charge on any atom is 0.191 e. The molecule has 0 bridgehead atoms. The second-order valence-electron chi connectivity index (χ2n) is 5.90. The van der Waals surface area contributed by atoms with Gasteiger partial charge in [0.1, 0.15) is 11.6 Å². The van der Waals surface area contributed by atoms with Crippen molar-refractivity contribution < 1.29 is 8.78 Å². The summed E-state index contributed by atoms with van der Waals surface area (Å²) in [5.41, 5.74) is 1.73. The van der Waals surface area contributed by atoms with Crippen molar-refractivity contribution in [3.8, 4) is 5.69 Å². The molecule has 0 fully saturated rings. The van der Waals surface area contributed by atoms with Crippen molar-refractivity contribution in [3.05, 3.63) is 83.9 Å². The van der Waals surface area contributed by atoms with E-state index >= 15 is 0 Å². The molecule has 0 radical (unpaired) electrons. The first-order chi connectivity index (χ1) is 13.2. The molecule has 0 aliphatic rings. The first kappa shape index (κ1) is 18.6. The molecule has 3 aromatic rings. The Bertz CT molecular complexity index is 906. The number of aromatic nitrogens is 2. The first-order valence-corrected chi connectivity index (χ1v) is 8.69. The van der Waals surface area contributed by atoms with E-state index in [1.54, 1.807) is 47.6 Å². The lowest BCUT2D eigenvalue weighted by molar-refractivity contribution is 0.604. The molecule has 0 aliphatic carbocycles. The maximum absolute atomic E-state index is 14.3. The summed E-state index contributed by atoms with van der Waals surface area (Å²) in [5, 5.41) is 6.19. The molecule has 0 spiro atoms. The quantitative estimate of drug-likeness (QED) is 0.517. The first-order valence-electron chi connectivity index (χ1n) is 8.69. The van der Waals surface area contributed by atoms with E-state index in [1.165, 1.54) is 12.1 Å². The van der Waals surface area contributed by atoms with Crippen molar-refractivity contribution in [2.75, 3.05) is 6.54 Å². The Balaban J connectivity index is 1.67. The van der Waals surface area contributed by atoms with Crippen LogP contribution >= 0.6 is 0 Å². The predicted octanol–water partition coefficient (Wildman–Crippen LogP) is 3.41. The number of imidazole rings is 1. The van der Waals surface area contributed by atoms with E-state index in [-0.39, 0.29) is 11.6 Å². The molecule has 7 heteroatoms. The Morgan fingerprint density at radius 2 is 1.96 bits per heavy atom. The van der Waals surface area contributed by atoms with Gasteiger partial charge in [-0.15, -0.1) is 0 Å². The monoisotopic (exact) mass is 369 g/mol. The van der Waals surface area contributed by atoms with E-state index in [9.17, 15) is 8.78 Å². The zero-order chi connectivity index (χ0) is 19.1. The topological polar surface area (TPSA) is 54.2 Å². The molecule has 0 saturated carbocycles. The number of halogens is 2. The van der Waals surface area contributed by atoms with Gasteiger partial charge in [0.15, 0.2) is 5.96 Å². The number of aliphatic imine (C=N–C) groups is 1. The summed E-state index contributed by atoms with van der Waals surface area (Å²) in [4.78, 5) is 8.37. The van der Waals surface area contributed by atoms with E-state index in [0.29, 0.717) is 36.8 Å². The van der Waals surface area contributed by atoms with Crippen LogP contribution < -0.4 is 10.6 Å². The molecule has 0 saturated heterocycles. The largest absolute Gasteiger partial charge is 0.357 e. The fourth-order valence-electron chi connectivity index (χ4n) is 2.59. The molecule has 140 valence electrons. The van der Waals surface area contributed by atoms with Crippen LogP contribution in [-0.2, 0) is 13.1 Å². The van der Waals surface area contributed by atoms with Crippen molar-refractivity contribution in [3.63, 3.8) is 0 Å². The summed E-state index contributed by atoms with van der Waals surface area (Å²) in [6.07, 6.45) is 4.83. The Morgan fingerprint density at radius 1 is 1.11 bits per heavy atom. The zero-order valence-electron chi connectivity index (χ0n) is 15.0. The molecule has 2 N–H and O–H groups in total. The second-order valence-corrected chi connectivity index (χ2v) is 5.90. The summed E-state index contributed by atoms with van der Waals surface area (Å²) in [6.45, 7) is 3.22. The van der Waals surface area contributed by atoms with Gasteiger partial charge in [0, 0.05) is 31.0 Å². The summed E-state index contributed by atoms with van der Waals surface area (Å²) in [7, 11) is 0. The molecule has 0 atom stereocenters. The minimum Gasteiger partial charge on any atom is -0.357 e. The minimum atomic E-state index is -0.343. The molecule has 1 aromatic heterocycles. The highest BCUT2D eigenvalue weighted by molar-refractivity contribution is 5.79. The highest BCUT2D eigenvalue weighted by atomic mass is 19.1. The van der Waals surface area contributed by atoms with Crippen LogP contribution in [0.1, 0.15) is 18.1 Å². The SMILES string of the molecule is CCNC(=NCc1ccc(-n2ccnc2)c(F)c1)NCc1ccccc1F. The van der Waals surface area contributed by atoms with E-state index in [0.717, 1.165) is 5.56 Å². The smallest absolute Gasteiger partial charge is 0.191 e. The van der Waals surface area contributed by atoms with E-state index < -0.39 is 0 Å². The number of hydrogen-bond donors (Lipinski definition) is 2. The van der Waals surface area contributed by atoms with Crippen LogP contribution in [0.5, 0.6) is 0 Å². The van der Waals surface area contributed by atoms with Crippen LogP contribution in [0.25, 0.3) is 5.69 Å². The van der Waals surface area contributed by atoms with Crippen molar-refractivity contribution in [2.24, 2.45) is 4.99 Å². The van der Waals surface area contributed by atoms with E-state index in [1.807, 2.05) is 13.0 Å². The molecule has 27 heavy (non-hydrogen) atoms. The van der Waals surface area contributed by atoms with Gasteiger partial charge in [0.05, 0.1) is 18.6 Å². The van der Waals surface area contributed by atoms with Crippen molar-refractivity contribution >= 4 is 5.96 Å². The highest BCUT2D eigenvalue weighted by Gasteiger charge is 2.06. The summed E-state index contributed by atoms with van der Waals surface area (Å²) in [5.74, 6) is -0.0668. The maximum atomic E-state index is 14.3. The number of benzene rings is 2. The summed E-state index contributed by atoms with van der Waals surface area (Å²) >= 11 is 0. The van der Waals surface area contributed by atoms with Gasteiger partial charge in [-0.05, 0) is 30.7 Å². The number of rotatable bonds is 6. The lowest BCUT2D eigenvalue weighted by Gasteiger charge is -2.12. The average molecular weight is 369 g/mol. The van der Waals surface area contributed by atoms with Gasteiger partial charge in [0.2, 0.25) is 0 Å². The summed E-state index contributed by atoms with van der Waals surface area (Å²) < 4.78 is 29.7. The van der Waals surface area contributed by atoms with E-state index in [2.05, 4.69) is 20.6 Å². The van der Waals surface area contributed by atoms with Gasteiger partial charge in [-0.1, -0.05) is 24.3 Å². The summed E-state index contributed by atoms with van der Waals surface area (Å²) in [6, 6.07) is 11.6. The van der Waals surface area contributed by atoms with Crippen LogP contribution in [0, 0.1) is 11.6 Å². The number of hydrogen-bond acceptors (Lipinski definition) is 2. The average Bonchev–Trinajstić information content (AvgIpc) is 3.19. The molecule has 0 unspecified atom stereocenters. The van der Waals surface area contributed by atoms with Crippen LogP contribution in [-0.4, -0.2) is 22.1 Å². The second kappa shape index (κ2) is 8.93. The third kappa shape index (κ3) is 4.91. The standard InChI is InChI=1S/C20H21F2N5/c1-2-24-20(26-13-16-5-3-4-6-17(16)21)25-12-15-7-8-19(18(22)11-15)27-10-9-23-14-27/h3-11,14H,2,12-13H2,1H3,(H2,24,25,26). The minimum absolute atomic E-state index is 0.266. The van der Waals surface area contributed by atoms with Crippen LogP contribution in [0.2, 0.25) is 0 Å². The molecular formula is C20H21F2N5. The van der Waals surface area contributed by atoms with Gasteiger partial charge in [-0.25, -0.2) is 18.8 Å². The van der Waals surface area contributed by atoms with Gasteiger partial charge < -0.3 is 15.2 Å².